The van der Waals surface area contributed by atoms with Crippen molar-refractivity contribution < 1.29 is 23.5 Å². The van der Waals surface area contributed by atoms with Crippen molar-refractivity contribution in [1.82, 2.24) is 5.32 Å². The monoisotopic (exact) mass is 544 g/mol. The summed E-state index contributed by atoms with van der Waals surface area (Å²) in [5.41, 5.74) is 1.41. The number of anilines is 1. The minimum Gasteiger partial charge on any atom is -0.490 e. The minimum absolute atomic E-state index is 0.106. The third kappa shape index (κ3) is 5.51. The fraction of sp³-hybridized carbons (Fsp3) is 0.115. The molecule has 3 aromatic carbocycles. The van der Waals surface area contributed by atoms with E-state index in [1.165, 1.54) is 18.2 Å². The molecule has 1 aliphatic rings. The number of nitrogens with zero attached hydrogens (tertiary/aromatic N) is 1. The Morgan fingerprint density at radius 1 is 1.03 bits per heavy atom. The number of carbonyl (C=O) groups excluding carboxylic acids is 2. The SMILES string of the molecule is CCOc1cc(/C=C2\C(=O)NC(=S)N(c3cccc(Cl)c3Cl)C2=O)ccc1OCc1ccc(F)cc1. The molecule has 0 saturated carbocycles. The lowest BCUT2D eigenvalue weighted by atomic mass is 10.1. The van der Waals surface area contributed by atoms with Crippen LogP contribution in [0.15, 0.2) is 66.2 Å². The molecule has 4 rings (SSSR count). The standard InChI is InChI=1S/C26H19Cl2FN2O4S/c1-2-34-22-13-16(8-11-21(22)35-14-15-6-9-17(29)10-7-15)12-18-24(32)30-26(36)31(25(18)33)20-5-3-4-19(27)23(20)28/h3-13H,2,14H2,1H3,(H,30,32,36)/b18-12+. The van der Waals surface area contributed by atoms with E-state index >= 15 is 0 Å². The third-order valence-electron chi connectivity index (χ3n) is 5.16. The maximum Gasteiger partial charge on any atom is 0.270 e. The van der Waals surface area contributed by atoms with Gasteiger partial charge < -0.3 is 9.47 Å². The Morgan fingerprint density at radius 2 is 1.78 bits per heavy atom. The van der Waals surface area contributed by atoms with Crippen molar-refractivity contribution in [2.45, 2.75) is 13.5 Å². The lowest BCUT2D eigenvalue weighted by Crippen LogP contribution is -2.54. The smallest absolute Gasteiger partial charge is 0.270 e. The number of halogens is 3. The van der Waals surface area contributed by atoms with Crippen molar-refractivity contribution in [3.8, 4) is 11.5 Å². The molecule has 36 heavy (non-hydrogen) atoms. The topological polar surface area (TPSA) is 67.9 Å². The van der Waals surface area contributed by atoms with E-state index in [0.717, 1.165) is 10.5 Å². The van der Waals surface area contributed by atoms with Crippen molar-refractivity contribution in [1.29, 1.82) is 0 Å². The Balaban J connectivity index is 1.63. The van der Waals surface area contributed by atoms with Gasteiger partial charge in [-0.25, -0.2) is 4.39 Å². The molecule has 1 fully saturated rings. The predicted octanol–water partition coefficient (Wildman–Crippen LogP) is 5.94. The molecule has 6 nitrogen and oxygen atoms in total. The number of amides is 2. The van der Waals surface area contributed by atoms with Crippen molar-refractivity contribution in [2.24, 2.45) is 0 Å². The second kappa shape index (κ2) is 11.1. The average Bonchev–Trinajstić information content (AvgIpc) is 2.85. The second-order valence-electron chi connectivity index (χ2n) is 7.59. The number of rotatable bonds is 7. The lowest BCUT2D eigenvalue weighted by molar-refractivity contribution is -0.122. The normalized spacial score (nSPS) is 14.7. The number of ether oxygens (including phenoxy) is 2. The van der Waals surface area contributed by atoms with Crippen LogP contribution in [0.3, 0.4) is 0 Å². The first-order valence-electron chi connectivity index (χ1n) is 10.8. The van der Waals surface area contributed by atoms with E-state index in [1.54, 1.807) is 48.5 Å². The quantitative estimate of drug-likeness (QED) is 0.226. The highest BCUT2D eigenvalue weighted by Gasteiger charge is 2.35. The molecule has 0 radical (unpaired) electrons. The molecular weight excluding hydrogens is 526 g/mol. The Kier molecular flexibility index (Phi) is 7.88. The first-order chi connectivity index (χ1) is 17.3. The zero-order valence-corrected chi connectivity index (χ0v) is 21.2. The molecule has 3 aromatic rings. The average molecular weight is 545 g/mol. The van der Waals surface area contributed by atoms with Crippen LogP contribution < -0.4 is 19.7 Å². The van der Waals surface area contributed by atoms with Gasteiger partial charge in [0.2, 0.25) is 0 Å². The zero-order chi connectivity index (χ0) is 25.8. The maximum absolute atomic E-state index is 13.3. The Labute approximate surface area is 222 Å². The summed E-state index contributed by atoms with van der Waals surface area (Å²) in [5, 5.41) is 2.78. The summed E-state index contributed by atoms with van der Waals surface area (Å²) in [7, 11) is 0. The second-order valence-corrected chi connectivity index (χ2v) is 8.76. The van der Waals surface area contributed by atoms with Crippen LogP contribution in [0.25, 0.3) is 6.08 Å². The van der Waals surface area contributed by atoms with Gasteiger partial charge in [-0.05, 0) is 72.7 Å². The molecule has 1 N–H and O–H groups in total. The number of benzene rings is 3. The molecule has 1 saturated heterocycles. The van der Waals surface area contributed by atoms with Crippen LogP contribution in [0.5, 0.6) is 11.5 Å². The van der Waals surface area contributed by atoms with E-state index in [2.05, 4.69) is 5.32 Å². The Bertz CT molecular complexity index is 1380. The Morgan fingerprint density at radius 3 is 2.50 bits per heavy atom. The summed E-state index contributed by atoms with van der Waals surface area (Å²) in [4.78, 5) is 27.1. The van der Waals surface area contributed by atoms with Crippen LogP contribution in [0.1, 0.15) is 18.1 Å². The lowest BCUT2D eigenvalue weighted by Gasteiger charge is -2.29. The van der Waals surface area contributed by atoms with Crippen LogP contribution >= 0.6 is 35.4 Å². The fourth-order valence-electron chi connectivity index (χ4n) is 3.45. The van der Waals surface area contributed by atoms with E-state index in [-0.39, 0.29) is 38.8 Å². The Hall–Kier alpha value is -3.46. The highest BCUT2D eigenvalue weighted by atomic mass is 35.5. The van der Waals surface area contributed by atoms with Gasteiger partial charge >= 0.3 is 0 Å². The number of hydrogen-bond donors (Lipinski definition) is 1. The first-order valence-corrected chi connectivity index (χ1v) is 11.9. The summed E-state index contributed by atoms with van der Waals surface area (Å²) in [5.74, 6) is -0.750. The third-order valence-corrected chi connectivity index (χ3v) is 6.25. The maximum atomic E-state index is 13.3. The van der Waals surface area contributed by atoms with Crippen LogP contribution in [-0.2, 0) is 16.2 Å². The van der Waals surface area contributed by atoms with Crippen LogP contribution in [0.4, 0.5) is 10.1 Å². The van der Waals surface area contributed by atoms with E-state index in [9.17, 15) is 14.0 Å². The molecule has 0 aliphatic carbocycles. The molecule has 0 bridgehead atoms. The largest absolute Gasteiger partial charge is 0.490 e. The number of thiocarbonyl (C=S) groups is 1. The van der Waals surface area contributed by atoms with Crippen LogP contribution in [0, 0.1) is 5.82 Å². The summed E-state index contributed by atoms with van der Waals surface area (Å²) in [6.07, 6.45) is 1.43. The van der Waals surface area contributed by atoms with Gasteiger partial charge in [0.1, 0.15) is 18.0 Å². The molecule has 1 aliphatic heterocycles. The molecule has 2 amide bonds. The molecule has 0 atom stereocenters. The van der Waals surface area contributed by atoms with Crippen molar-refractivity contribution in [2.75, 3.05) is 11.5 Å². The van der Waals surface area contributed by atoms with Crippen molar-refractivity contribution in [3.05, 3.63) is 93.2 Å². The summed E-state index contributed by atoms with van der Waals surface area (Å²) >= 11 is 17.6. The number of carbonyl (C=O) groups is 2. The van der Waals surface area contributed by atoms with E-state index < -0.39 is 11.8 Å². The van der Waals surface area contributed by atoms with Gasteiger partial charge in [0.25, 0.3) is 11.8 Å². The van der Waals surface area contributed by atoms with Gasteiger partial charge in [0.15, 0.2) is 16.6 Å². The molecule has 1 heterocycles. The molecule has 0 spiro atoms. The van der Waals surface area contributed by atoms with Crippen molar-refractivity contribution in [3.63, 3.8) is 0 Å². The summed E-state index contributed by atoms with van der Waals surface area (Å²) < 4.78 is 24.7. The summed E-state index contributed by atoms with van der Waals surface area (Å²) in [6.45, 7) is 2.39. The highest BCUT2D eigenvalue weighted by molar-refractivity contribution is 7.80. The fourth-order valence-corrected chi connectivity index (χ4v) is 4.11. The van der Waals surface area contributed by atoms with Crippen molar-refractivity contribution >= 4 is 64.1 Å². The molecule has 184 valence electrons. The summed E-state index contributed by atoms with van der Waals surface area (Å²) in [6, 6.07) is 15.8. The van der Waals surface area contributed by atoms with E-state index in [4.69, 9.17) is 44.9 Å². The number of nitrogens with one attached hydrogen (secondary N) is 1. The zero-order valence-electron chi connectivity index (χ0n) is 18.9. The molecular formula is C26H19Cl2FN2O4S. The molecule has 0 aromatic heterocycles. The van der Waals surface area contributed by atoms with E-state index in [1.807, 2.05) is 6.92 Å². The van der Waals surface area contributed by atoms with E-state index in [0.29, 0.717) is 23.7 Å². The molecule has 10 heteroatoms. The van der Waals surface area contributed by atoms with Gasteiger partial charge in [0.05, 0.1) is 22.3 Å². The van der Waals surface area contributed by atoms with Gasteiger partial charge in [-0.1, -0.05) is 47.5 Å². The first kappa shape index (κ1) is 25.6. The van der Waals surface area contributed by atoms with Gasteiger partial charge in [-0.2, -0.15) is 0 Å². The van der Waals surface area contributed by atoms with Crippen LogP contribution in [-0.4, -0.2) is 23.5 Å². The highest BCUT2D eigenvalue weighted by Crippen LogP contribution is 2.35. The minimum atomic E-state index is -0.650. The molecule has 0 unspecified atom stereocenters. The van der Waals surface area contributed by atoms with Gasteiger partial charge in [0, 0.05) is 0 Å². The van der Waals surface area contributed by atoms with Gasteiger partial charge in [-0.3, -0.25) is 19.8 Å². The number of hydrogen-bond acceptors (Lipinski definition) is 5. The van der Waals surface area contributed by atoms with Crippen LogP contribution in [0.2, 0.25) is 10.0 Å². The predicted molar refractivity (Wildman–Crippen MR) is 141 cm³/mol. The van der Waals surface area contributed by atoms with Gasteiger partial charge in [-0.15, -0.1) is 0 Å².